The molecule has 8 heteroatoms. The Morgan fingerprint density at radius 2 is 2.00 bits per heavy atom. The van der Waals surface area contributed by atoms with E-state index in [4.69, 9.17) is 21.6 Å². The molecule has 0 radical (unpaired) electrons. The number of nitrogens with one attached hydrogen (secondary N) is 2. The number of fused-ring (bicyclic) bond motifs is 1. The molecule has 3 N–H and O–H groups in total. The molecule has 1 aliphatic carbocycles. The Morgan fingerprint density at radius 3 is 2.77 bits per heavy atom. The first-order chi connectivity index (χ1) is 15.2. The van der Waals surface area contributed by atoms with Gasteiger partial charge in [0.2, 0.25) is 5.95 Å². The molecule has 0 spiro atoms. The average Bonchev–Trinajstić information content (AvgIpc) is 3.40. The van der Waals surface area contributed by atoms with Gasteiger partial charge >= 0.3 is 0 Å². The van der Waals surface area contributed by atoms with Crippen molar-refractivity contribution in [1.82, 2.24) is 15.0 Å². The van der Waals surface area contributed by atoms with Crippen molar-refractivity contribution >= 4 is 44.9 Å². The number of aliphatic hydroxyl groups excluding tert-OH is 1. The quantitative estimate of drug-likeness (QED) is 0.256. The van der Waals surface area contributed by atoms with Gasteiger partial charge in [0.15, 0.2) is 0 Å². The summed E-state index contributed by atoms with van der Waals surface area (Å²) >= 11 is 8.29. The second-order valence-corrected chi connectivity index (χ2v) is 9.63. The van der Waals surface area contributed by atoms with Crippen LogP contribution in [0, 0.1) is 5.92 Å². The summed E-state index contributed by atoms with van der Waals surface area (Å²) in [6.07, 6.45) is 7.67. The maximum Gasteiger partial charge on any atom is 0.226 e. The summed E-state index contributed by atoms with van der Waals surface area (Å²) < 4.78 is 1.11. The van der Waals surface area contributed by atoms with Crippen LogP contribution in [-0.4, -0.2) is 39.3 Å². The molecule has 6 nitrogen and oxygen atoms in total. The number of nitrogens with zero attached hydrogens (tertiary/aromatic N) is 3. The van der Waals surface area contributed by atoms with Crippen molar-refractivity contribution < 1.29 is 5.11 Å². The third-order valence-electron chi connectivity index (χ3n) is 5.83. The Balaban J connectivity index is 1.62. The number of para-hydroxylation sites is 1. The first-order valence-corrected chi connectivity index (χ1v) is 12.4. The van der Waals surface area contributed by atoms with Gasteiger partial charge in [0, 0.05) is 19.2 Å². The minimum absolute atomic E-state index is 0.234. The van der Waals surface area contributed by atoms with E-state index < -0.39 is 0 Å². The second kappa shape index (κ2) is 10.6. The van der Waals surface area contributed by atoms with Crippen LogP contribution in [0.5, 0.6) is 0 Å². The molecule has 166 valence electrons. The summed E-state index contributed by atoms with van der Waals surface area (Å²) in [6, 6.07) is 8.33. The highest BCUT2D eigenvalue weighted by Crippen LogP contribution is 2.39. The van der Waals surface area contributed by atoms with Crippen molar-refractivity contribution in [3.05, 3.63) is 29.4 Å². The van der Waals surface area contributed by atoms with Crippen molar-refractivity contribution in [2.24, 2.45) is 5.92 Å². The Hall–Kier alpha value is -1.96. The maximum absolute atomic E-state index is 9.52. The molecule has 2 heterocycles. The number of anilines is 2. The molecule has 1 fully saturated rings. The normalized spacial score (nSPS) is 18.5. The molecule has 1 aliphatic rings. The number of hydrogen-bond acceptors (Lipinski definition) is 7. The Kier molecular flexibility index (Phi) is 7.58. The number of rotatable bonds is 10. The average molecular weight is 460 g/mol. The lowest BCUT2D eigenvalue weighted by Crippen LogP contribution is -2.19. The van der Waals surface area contributed by atoms with E-state index in [9.17, 15) is 5.11 Å². The smallest absolute Gasteiger partial charge is 0.226 e. The fourth-order valence-corrected chi connectivity index (χ4v) is 5.43. The highest BCUT2D eigenvalue weighted by molar-refractivity contribution is 7.21. The van der Waals surface area contributed by atoms with E-state index in [1.165, 1.54) is 19.3 Å². The fraction of sp³-hybridized carbons (Fsp3) is 0.522. The molecule has 1 unspecified atom stereocenters. The van der Waals surface area contributed by atoms with Gasteiger partial charge in [-0.25, -0.2) is 9.97 Å². The van der Waals surface area contributed by atoms with E-state index in [0.717, 1.165) is 58.8 Å². The number of aromatic nitrogens is 3. The van der Waals surface area contributed by atoms with E-state index >= 15 is 0 Å². The van der Waals surface area contributed by atoms with Gasteiger partial charge in [-0.15, -0.1) is 11.3 Å². The van der Waals surface area contributed by atoms with Gasteiger partial charge in [-0.2, -0.15) is 4.98 Å². The fourth-order valence-electron chi connectivity index (χ4n) is 4.10. The Labute approximate surface area is 192 Å². The lowest BCUT2D eigenvalue weighted by atomic mass is 10.1. The minimum Gasteiger partial charge on any atom is -0.396 e. The van der Waals surface area contributed by atoms with Gasteiger partial charge in [-0.05, 0) is 43.7 Å². The van der Waals surface area contributed by atoms with Crippen LogP contribution in [0.25, 0.3) is 20.8 Å². The predicted octanol–water partition coefficient (Wildman–Crippen LogP) is 5.97. The van der Waals surface area contributed by atoms with E-state index in [0.29, 0.717) is 17.0 Å². The van der Waals surface area contributed by atoms with E-state index in [1.54, 1.807) is 11.3 Å². The van der Waals surface area contributed by atoms with E-state index in [1.807, 2.05) is 18.2 Å². The predicted molar refractivity (Wildman–Crippen MR) is 130 cm³/mol. The summed E-state index contributed by atoms with van der Waals surface area (Å²) in [5.41, 5.74) is 1.70. The molecule has 0 aliphatic heterocycles. The van der Waals surface area contributed by atoms with Crippen molar-refractivity contribution in [2.75, 3.05) is 23.8 Å². The molecule has 0 amide bonds. The SMILES string of the molecule is CCCCCCNc1nc(Cl)c(-c2nc3ccccc3s2)c(N[C@H]2CCC(CO)C2)n1. The zero-order chi connectivity index (χ0) is 21.6. The molecular weight excluding hydrogens is 430 g/mol. The topological polar surface area (TPSA) is 83.0 Å². The summed E-state index contributed by atoms with van der Waals surface area (Å²) in [6.45, 7) is 3.27. The number of unbranched alkanes of at least 4 members (excludes halogenated alkanes) is 3. The van der Waals surface area contributed by atoms with Gasteiger partial charge < -0.3 is 15.7 Å². The third-order valence-corrected chi connectivity index (χ3v) is 7.15. The molecule has 2 atom stereocenters. The molecule has 0 bridgehead atoms. The molecule has 3 aromatic rings. The van der Waals surface area contributed by atoms with Crippen LogP contribution in [0.1, 0.15) is 51.9 Å². The molecule has 2 aromatic heterocycles. The largest absolute Gasteiger partial charge is 0.396 e. The van der Waals surface area contributed by atoms with Gasteiger partial charge in [-0.3, -0.25) is 0 Å². The number of benzene rings is 1. The third kappa shape index (κ3) is 5.45. The molecule has 31 heavy (non-hydrogen) atoms. The monoisotopic (exact) mass is 459 g/mol. The Bertz CT molecular complexity index is 978. The number of halogens is 1. The van der Waals surface area contributed by atoms with Crippen molar-refractivity contribution in [1.29, 1.82) is 0 Å². The van der Waals surface area contributed by atoms with Gasteiger partial charge in [-0.1, -0.05) is 49.9 Å². The number of thiazole rings is 1. The first kappa shape index (κ1) is 22.2. The standard InChI is InChI=1S/C23H30ClN5OS/c1-2-3-4-7-12-25-23-28-20(24)19(22-27-17-8-5-6-9-18(17)31-22)21(29-23)26-16-11-10-15(13-16)14-30/h5-6,8-9,15-16,30H,2-4,7,10-14H2,1H3,(H2,25,26,28,29)/t15?,16-/m0/s1. The lowest BCUT2D eigenvalue weighted by molar-refractivity contribution is 0.229. The molecule has 1 saturated carbocycles. The summed E-state index contributed by atoms with van der Waals surface area (Å²) in [4.78, 5) is 14.1. The Morgan fingerprint density at radius 1 is 1.13 bits per heavy atom. The summed E-state index contributed by atoms with van der Waals surface area (Å²) in [5, 5.41) is 17.7. The van der Waals surface area contributed by atoms with Crippen LogP contribution in [0.15, 0.2) is 24.3 Å². The van der Waals surface area contributed by atoms with E-state index in [2.05, 4.69) is 28.6 Å². The maximum atomic E-state index is 9.52. The first-order valence-electron chi connectivity index (χ1n) is 11.2. The lowest BCUT2D eigenvalue weighted by Gasteiger charge is -2.18. The molecular formula is C23H30ClN5OS. The van der Waals surface area contributed by atoms with E-state index in [-0.39, 0.29) is 12.6 Å². The second-order valence-electron chi connectivity index (χ2n) is 8.24. The van der Waals surface area contributed by atoms with Crippen LogP contribution in [0.3, 0.4) is 0 Å². The summed E-state index contributed by atoms with van der Waals surface area (Å²) in [7, 11) is 0. The van der Waals surface area contributed by atoms with Gasteiger partial charge in [0.25, 0.3) is 0 Å². The zero-order valence-corrected chi connectivity index (χ0v) is 19.5. The number of hydrogen-bond donors (Lipinski definition) is 3. The molecule has 0 saturated heterocycles. The minimum atomic E-state index is 0.234. The van der Waals surface area contributed by atoms with Crippen LogP contribution in [0.4, 0.5) is 11.8 Å². The summed E-state index contributed by atoms with van der Waals surface area (Å²) in [5.74, 6) is 1.61. The van der Waals surface area contributed by atoms with Gasteiger partial charge in [0.1, 0.15) is 16.0 Å². The van der Waals surface area contributed by atoms with Crippen LogP contribution >= 0.6 is 22.9 Å². The van der Waals surface area contributed by atoms with Crippen molar-refractivity contribution in [3.63, 3.8) is 0 Å². The molecule has 4 rings (SSSR count). The van der Waals surface area contributed by atoms with Crippen LogP contribution < -0.4 is 10.6 Å². The van der Waals surface area contributed by atoms with Crippen LogP contribution in [-0.2, 0) is 0 Å². The zero-order valence-electron chi connectivity index (χ0n) is 17.9. The number of aliphatic hydroxyl groups is 1. The van der Waals surface area contributed by atoms with Crippen molar-refractivity contribution in [2.45, 2.75) is 57.9 Å². The highest BCUT2D eigenvalue weighted by Gasteiger charge is 2.27. The highest BCUT2D eigenvalue weighted by atomic mass is 35.5. The van der Waals surface area contributed by atoms with Crippen molar-refractivity contribution in [3.8, 4) is 10.6 Å². The van der Waals surface area contributed by atoms with Gasteiger partial charge in [0.05, 0.1) is 15.8 Å². The molecule has 1 aromatic carbocycles. The van der Waals surface area contributed by atoms with Crippen LogP contribution in [0.2, 0.25) is 5.15 Å².